The molecule has 8 heteroatoms. The highest BCUT2D eigenvalue weighted by Gasteiger charge is 2.26. The minimum Gasteiger partial charge on any atom is -0.468 e. The van der Waals surface area contributed by atoms with E-state index in [2.05, 4.69) is 5.10 Å². The average Bonchev–Trinajstić information content (AvgIpc) is 3.25. The fraction of sp³-hybridized carbons (Fsp3) is 0.267. The molecule has 0 bridgehead atoms. The first-order chi connectivity index (χ1) is 11.1. The molecule has 0 saturated heterocycles. The number of nitrogens with zero attached hydrogens (tertiary/aromatic N) is 3. The first-order valence-electron chi connectivity index (χ1n) is 7.09. The number of aryl methyl sites for hydroxylation is 1. The Balaban J connectivity index is 1.84. The number of aromatic nitrogens is 2. The average molecular weight is 351 g/mol. The Hall–Kier alpha value is -1.90. The maximum atomic E-state index is 12.9. The van der Waals surface area contributed by atoms with E-state index in [1.807, 2.05) is 17.5 Å². The van der Waals surface area contributed by atoms with Crippen LogP contribution in [0.25, 0.3) is 0 Å². The van der Waals surface area contributed by atoms with Gasteiger partial charge in [-0.25, -0.2) is 8.42 Å². The molecule has 3 aromatic heterocycles. The summed E-state index contributed by atoms with van der Waals surface area (Å²) < 4.78 is 34.0. The van der Waals surface area contributed by atoms with Crippen LogP contribution in [0.2, 0.25) is 0 Å². The maximum absolute atomic E-state index is 12.9. The van der Waals surface area contributed by atoms with Crippen LogP contribution in [0, 0.1) is 0 Å². The topological polar surface area (TPSA) is 68.3 Å². The van der Waals surface area contributed by atoms with Crippen LogP contribution in [-0.4, -0.2) is 29.0 Å². The smallest absolute Gasteiger partial charge is 0.246 e. The van der Waals surface area contributed by atoms with Crippen LogP contribution < -0.4 is 0 Å². The zero-order valence-corrected chi connectivity index (χ0v) is 14.3. The van der Waals surface area contributed by atoms with Gasteiger partial charge in [-0.15, -0.1) is 11.3 Å². The molecule has 122 valence electrons. The van der Waals surface area contributed by atoms with Gasteiger partial charge in [0.1, 0.15) is 10.7 Å². The predicted octanol–water partition coefficient (Wildman–Crippen LogP) is 2.51. The van der Waals surface area contributed by atoms with Gasteiger partial charge in [-0.3, -0.25) is 4.68 Å². The first kappa shape index (κ1) is 16.0. The van der Waals surface area contributed by atoms with E-state index >= 15 is 0 Å². The van der Waals surface area contributed by atoms with Crippen molar-refractivity contribution in [3.63, 3.8) is 0 Å². The van der Waals surface area contributed by atoms with Crippen molar-refractivity contribution in [3.05, 3.63) is 58.9 Å². The summed E-state index contributed by atoms with van der Waals surface area (Å²) in [5, 5.41) is 5.95. The molecule has 0 fully saturated rings. The Morgan fingerprint density at radius 2 is 2.22 bits per heavy atom. The van der Waals surface area contributed by atoms with Crippen molar-refractivity contribution in [2.45, 2.75) is 17.9 Å². The highest BCUT2D eigenvalue weighted by atomic mass is 32.2. The van der Waals surface area contributed by atoms with Gasteiger partial charge in [0.15, 0.2) is 0 Å². The Morgan fingerprint density at radius 3 is 2.83 bits per heavy atom. The van der Waals surface area contributed by atoms with Gasteiger partial charge in [-0.1, -0.05) is 6.07 Å². The molecule has 0 spiro atoms. The standard InChI is InChI=1S/C15H17N3O3S2/c1-17-12-15(10-16-17)23(19,20)18(11-13-4-2-8-21-13)7-6-14-5-3-9-22-14/h2-5,8-10,12H,6-7,11H2,1H3. The molecular formula is C15H17N3O3S2. The number of hydrogen-bond acceptors (Lipinski definition) is 5. The molecule has 6 nitrogen and oxygen atoms in total. The SMILES string of the molecule is Cn1cc(S(=O)(=O)N(CCc2cccs2)Cc2ccco2)cn1. The Kier molecular flexibility index (Phi) is 4.65. The fourth-order valence-corrected chi connectivity index (χ4v) is 4.32. The number of thiophene rings is 1. The predicted molar refractivity (Wildman–Crippen MR) is 87.5 cm³/mol. The van der Waals surface area contributed by atoms with Gasteiger partial charge in [-0.05, 0) is 30.0 Å². The molecule has 0 unspecified atom stereocenters. The van der Waals surface area contributed by atoms with Gasteiger partial charge >= 0.3 is 0 Å². The van der Waals surface area contributed by atoms with Crippen LogP contribution in [0.5, 0.6) is 0 Å². The van der Waals surface area contributed by atoms with Crippen molar-refractivity contribution in [1.82, 2.24) is 14.1 Å². The molecule has 0 amide bonds. The lowest BCUT2D eigenvalue weighted by Crippen LogP contribution is -2.32. The molecular weight excluding hydrogens is 334 g/mol. The molecule has 0 atom stereocenters. The monoisotopic (exact) mass is 351 g/mol. The van der Waals surface area contributed by atoms with Gasteiger partial charge < -0.3 is 4.42 Å². The Bertz CT molecular complexity index is 837. The molecule has 3 heterocycles. The van der Waals surface area contributed by atoms with Gasteiger partial charge in [0.25, 0.3) is 0 Å². The van der Waals surface area contributed by atoms with Crippen molar-refractivity contribution in [2.24, 2.45) is 7.05 Å². The molecule has 0 aliphatic heterocycles. The van der Waals surface area contributed by atoms with Crippen molar-refractivity contribution in [1.29, 1.82) is 0 Å². The molecule has 0 radical (unpaired) electrons. The summed E-state index contributed by atoms with van der Waals surface area (Å²) in [6, 6.07) is 7.50. The highest BCUT2D eigenvalue weighted by Crippen LogP contribution is 2.19. The third-order valence-electron chi connectivity index (χ3n) is 3.42. The summed E-state index contributed by atoms with van der Waals surface area (Å²) in [5.41, 5.74) is 0. The summed E-state index contributed by atoms with van der Waals surface area (Å²) in [4.78, 5) is 1.34. The minimum atomic E-state index is -3.61. The van der Waals surface area contributed by atoms with Crippen LogP contribution in [0.4, 0.5) is 0 Å². The third-order valence-corrected chi connectivity index (χ3v) is 6.15. The Morgan fingerprint density at radius 1 is 1.35 bits per heavy atom. The number of furan rings is 1. The van der Waals surface area contributed by atoms with Crippen molar-refractivity contribution in [3.8, 4) is 0 Å². The summed E-state index contributed by atoms with van der Waals surface area (Å²) >= 11 is 1.62. The molecule has 0 aromatic carbocycles. The van der Waals surface area contributed by atoms with Gasteiger partial charge in [-0.2, -0.15) is 9.40 Å². The molecule has 3 rings (SSSR count). The van der Waals surface area contributed by atoms with Crippen LogP contribution >= 0.6 is 11.3 Å². The van der Waals surface area contributed by atoms with Gasteiger partial charge in [0, 0.05) is 24.7 Å². The van der Waals surface area contributed by atoms with E-state index in [1.165, 1.54) is 21.4 Å². The number of sulfonamides is 1. The van der Waals surface area contributed by atoms with Crippen molar-refractivity contribution < 1.29 is 12.8 Å². The van der Waals surface area contributed by atoms with E-state index in [9.17, 15) is 8.42 Å². The summed E-state index contributed by atoms with van der Waals surface area (Å²) in [7, 11) is -1.92. The van der Waals surface area contributed by atoms with E-state index in [4.69, 9.17) is 4.42 Å². The number of hydrogen-bond donors (Lipinski definition) is 0. The second-order valence-electron chi connectivity index (χ2n) is 5.10. The summed E-state index contributed by atoms with van der Waals surface area (Å²) in [5.74, 6) is 0.614. The lowest BCUT2D eigenvalue weighted by Gasteiger charge is -2.20. The zero-order valence-electron chi connectivity index (χ0n) is 12.6. The zero-order chi connectivity index (χ0) is 16.3. The summed E-state index contributed by atoms with van der Waals surface area (Å²) in [6.07, 6.45) is 5.09. The second kappa shape index (κ2) is 6.69. The number of rotatable bonds is 7. The van der Waals surface area contributed by atoms with E-state index in [-0.39, 0.29) is 11.4 Å². The molecule has 0 N–H and O–H groups in total. The van der Waals surface area contributed by atoms with Crippen LogP contribution in [0.1, 0.15) is 10.6 Å². The second-order valence-corrected chi connectivity index (χ2v) is 8.07. The Labute approximate surface area is 139 Å². The van der Waals surface area contributed by atoms with Crippen LogP contribution in [-0.2, 0) is 30.0 Å². The van der Waals surface area contributed by atoms with Crippen molar-refractivity contribution in [2.75, 3.05) is 6.54 Å². The van der Waals surface area contributed by atoms with E-state index in [0.717, 1.165) is 4.88 Å². The first-order valence-corrected chi connectivity index (χ1v) is 9.41. The molecule has 23 heavy (non-hydrogen) atoms. The van der Waals surface area contributed by atoms with E-state index < -0.39 is 10.0 Å². The normalized spacial score (nSPS) is 12.1. The van der Waals surface area contributed by atoms with Crippen LogP contribution in [0.15, 0.2) is 57.6 Å². The highest BCUT2D eigenvalue weighted by molar-refractivity contribution is 7.89. The maximum Gasteiger partial charge on any atom is 0.246 e. The fourth-order valence-electron chi connectivity index (χ4n) is 2.23. The minimum absolute atomic E-state index is 0.192. The summed E-state index contributed by atoms with van der Waals surface area (Å²) in [6.45, 7) is 0.591. The molecule has 0 aliphatic rings. The molecule has 0 saturated carbocycles. The van der Waals surface area contributed by atoms with Gasteiger partial charge in [0.2, 0.25) is 10.0 Å². The largest absolute Gasteiger partial charge is 0.468 e. The molecule has 0 aliphatic carbocycles. The van der Waals surface area contributed by atoms with Crippen molar-refractivity contribution >= 4 is 21.4 Å². The third kappa shape index (κ3) is 3.72. The van der Waals surface area contributed by atoms with Gasteiger partial charge in [0.05, 0.1) is 19.0 Å². The quantitative estimate of drug-likeness (QED) is 0.656. The van der Waals surface area contributed by atoms with E-state index in [1.54, 1.807) is 36.8 Å². The van der Waals surface area contributed by atoms with E-state index in [0.29, 0.717) is 18.7 Å². The molecule has 3 aromatic rings. The lowest BCUT2D eigenvalue weighted by atomic mass is 10.3. The lowest BCUT2D eigenvalue weighted by molar-refractivity contribution is 0.366. The van der Waals surface area contributed by atoms with Crippen LogP contribution in [0.3, 0.4) is 0 Å².